The van der Waals surface area contributed by atoms with Gasteiger partial charge in [-0.25, -0.2) is 0 Å². The Bertz CT molecular complexity index is 1690. The second kappa shape index (κ2) is 8.18. The van der Waals surface area contributed by atoms with Crippen LogP contribution in [0, 0.1) is 0 Å². The summed E-state index contributed by atoms with van der Waals surface area (Å²) in [5.41, 5.74) is 2.19. The van der Waals surface area contributed by atoms with E-state index in [1.54, 1.807) is 53.4 Å². The molecule has 4 aromatic carbocycles. The highest BCUT2D eigenvalue weighted by Gasteiger charge is 2.67. The second-order valence-corrected chi connectivity index (χ2v) is 10.4. The highest BCUT2D eigenvalue weighted by atomic mass is 35.5. The van der Waals surface area contributed by atoms with Crippen molar-refractivity contribution in [2.24, 2.45) is 0 Å². The molecule has 0 saturated heterocycles. The number of carbonyl (C=O) groups excluding carboxylic acids is 3. The molecule has 2 atom stereocenters. The van der Waals surface area contributed by atoms with Crippen molar-refractivity contribution < 1.29 is 14.4 Å². The first kappa shape index (κ1) is 23.0. The molecule has 3 aliphatic heterocycles. The molecular formula is C30H19Cl2N3O3. The minimum atomic E-state index is -1.57. The summed E-state index contributed by atoms with van der Waals surface area (Å²) in [6.45, 7) is 0.252. The van der Waals surface area contributed by atoms with Crippen LogP contribution < -0.4 is 15.1 Å². The van der Waals surface area contributed by atoms with Gasteiger partial charge in [0.15, 0.2) is 5.54 Å². The SMILES string of the molecule is O=C1c2ccccc2C2N1c1cc(Cl)c(Cl)cc1N1C(=O)c3ccccc3C21C(=O)NCc1ccccc1. The largest absolute Gasteiger partial charge is 0.350 e. The highest BCUT2D eigenvalue weighted by Crippen LogP contribution is 2.62. The summed E-state index contributed by atoms with van der Waals surface area (Å²) in [6.07, 6.45) is 0. The third kappa shape index (κ3) is 2.87. The predicted octanol–water partition coefficient (Wildman–Crippen LogP) is 5.88. The third-order valence-electron chi connectivity index (χ3n) is 7.64. The first-order valence-corrected chi connectivity index (χ1v) is 12.9. The number of carbonyl (C=O) groups is 3. The average molecular weight is 540 g/mol. The van der Waals surface area contributed by atoms with E-state index in [1.807, 2.05) is 42.5 Å². The van der Waals surface area contributed by atoms with Crippen molar-refractivity contribution in [3.63, 3.8) is 0 Å². The molecule has 3 amide bonds. The van der Waals surface area contributed by atoms with Crippen LogP contribution in [0.15, 0.2) is 91.0 Å². The number of hydrogen-bond donors (Lipinski definition) is 1. The smallest absolute Gasteiger partial charge is 0.260 e. The Labute approximate surface area is 228 Å². The molecular weight excluding hydrogens is 521 g/mol. The summed E-state index contributed by atoms with van der Waals surface area (Å²) in [5, 5.41) is 3.54. The fourth-order valence-corrected chi connectivity index (χ4v) is 6.42. The lowest BCUT2D eigenvalue weighted by atomic mass is 9.76. The van der Waals surface area contributed by atoms with Crippen LogP contribution in [0.1, 0.15) is 43.4 Å². The van der Waals surface area contributed by atoms with Gasteiger partial charge in [-0.2, -0.15) is 0 Å². The van der Waals surface area contributed by atoms with Crippen LogP contribution in [0.2, 0.25) is 10.0 Å². The number of halogens is 2. The lowest BCUT2D eigenvalue weighted by Gasteiger charge is -2.50. The quantitative estimate of drug-likeness (QED) is 0.353. The standard InChI is InChI=1S/C30H19Cl2N3O3/c31-22-14-24-25(15-23(22)32)35-28(37)20-12-6-7-13-21(20)30(35,29(38)33-16-17-8-2-1-3-9-17)26-18-10-4-5-11-19(18)27(36)34(24)26/h1-15,26H,16H2,(H,33,38). The van der Waals surface area contributed by atoms with Crippen molar-refractivity contribution in [3.05, 3.63) is 129 Å². The average Bonchev–Trinajstić information content (AvgIpc) is 3.39. The maximum absolute atomic E-state index is 14.6. The van der Waals surface area contributed by atoms with Gasteiger partial charge < -0.3 is 5.32 Å². The molecule has 4 aromatic rings. The predicted molar refractivity (Wildman–Crippen MR) is 146 cm³/mol. The van der Waals surface area contributed by atoms with Gasteiger partial charge >= 0.3 is 0 Å². The van der Waals surface area contributed by atoms with E-state index in [1.165, 1.54) is 4.90 Å². The molecule has 0 saturated carbocycles. The van der Waals surface area contributed by atoms with Crippen LogP contribution in [0.3, 0.4) is 0 Å². The monoisotopic (exact) mass is 539 g/mol. The van der Waals surface area contributed by atoms with E-state index >= 15 is 0 Å². The number of amides is 3. The lowest BCUT2D eigenvalue weighted by molar-refractivity contribution is -0.127. The fourth-order valence-electron chi connectivity index (χ4n) is 6.11. The number of anilines is 2. The summed E-state index contributed by atoms with van der Waals surface area (Å²) in [6, 6.07) is 26.2. The van der Waals surface area contributed by atoms with E-state index in [4.69, 9.17) is 23.2 Å². The van der Waals surface area contributed by atoms with Crippen LogP contribution in [-0.2, 0) is 16.9 Å². The first-order chi connectivity index (χ1) is 18.4. The number of hydrogen-bond acceptors (Lipinski definition) is 3. The van der Waals surface area contributed by atoms with E-state index in [9.17, 15) is 14.4 Å². The third-order valence-corrected chi connectivity index (χ3v) is 8.36. The van der Waals surface area contributed by atoms with Crippen LogP contribution in [0.4, 0.5) is 11.4 Å². The Kier molecular flexibility index (Phi) is 4.96. The van der Waals surface area contributed by atoms with Crippen LogP contribution in [-0.4, -0.2) is 17.7 Å². The van der Waals surface area contributed by atoms with Crippen LogP contribution >= 0.6 is 23.2 Å². The van der Waals surface area contributed by atoms with Gasteiger partial charge in [0.2, 0.25) is 0 Å². The minimum absolute atomic E-state index is 0.218. The van der Waals surface area contributed by atoms with Crippen molar-refractivity contribution in [1.29, 1.82) is 0 Å². The van der Waals surface area contributed by atoms with Gasteiger partial charge in [-0.05, 0) is 35.4 Å². The maximum atomic E-state index is 14.6. The van der Waals surface area contributed by atoms with E-state index in [0.717, 1.165) is 5.56 Å². The van der Waals surface area contributed by atoms with Crippen molar-refractivity contribution in [1.82, 2.24) is 5.32 Å². The molecule has 0 fully saturated rings. The first-order valence-electron chi connectivity index (χ1n) is 12.1. The Balaban J connectivity index is 1.54. The second-order valence-electron chi connectivity index (χ2n) is 9.54. The van der Waals surface area contributed by atoms with Crippen molar-refractivity contribution in [2.45, 2.75) is 18.1 Å². The Morgan fingerprint density at radius 2 is 1.42 bits per heavy atom. The van der Waals surface area contributed by atoms with Gasteiger partial charge in [0.05, 0.1) is 21.4 Å². The molecule has 186 valence electrons. The molecule has 0 radical (unpaired) electrons. The van der Waals surface area contributed by atoms with E-state index in [-0.39, 0.29) is 28.4 Å². The molecule has 8 heteroatoms. The maximum Gasteiger partial charge on any atom is 0.260 e. The molecule has 0 spiro atoms. The Morgan fingerprint density at radius 3 is 2.18 bits per heavy atom. The summed E-state index contributed by atoms with van der Waals surface area (Å²) in [4.78, 5) is 45.8. The molecule has 2 unspecified atom stereocenters. The molecule has 3 heterocycles. The van der Waals surface area contributed by atoms with Gasteiger partial charge in [0.25, 0.3) is 17.7 Å². The van der Waals surface area contributed by atoms with Crippen molar-refractivity contribution in [2.75, 3.05) is 9.80 Å². The van der Waals surface area contributed by atoms with Gasteiger partial charge in [0, 0.05) is 23.2 Å². The summed E-state index contributed by atoms with van der Waals surface area (Å²) in [7, 11) is 0. The molecule has 0 aliphatic carbocycles. The molecule has 6 nitrogen and oxygen atoms in total. The molecule has 7 rings (SSSR count). The Hall–Kier alpha value is -4.13. The summed E-state index contributed by atoms with van der Waals surface area (Å²) < 4.78 is 0. The van der Waals surface area contributed by atoms with Gasteiger partial charge in [-0.1, -0.05) is 89.9 Å². The zero-order valence-electron chi connectivity index (χ0n) is 19.8. The van der Waals surface area contributed by atoms with Gasteiger partial charge in [-0.15, -0.1) is 0 Å². The van der Waals surface area contributed by atoms with Crippen molar-refractivity contribution >= 4 is 52.3 Å². The number of benzene rings is 4. The number of fused-ring (bicyclic) bond motifs is 10. The number of rotatable bonds is 3. The van der Waals surface area contributed by atoms with E-state index in [0.29, 0.717) is 33.6 Å². The topological polar surface area (TPSA) is 69.7 Å². The zero-order chi connectivity index (χ0) is 26.2. The molecule has 0 bridgehead atoms. The van der Waals surface area contributed by atoms with Crippen LogP contribution in [0.25, 0.3) is 0 Å². The van der Waals surface area contributed by atoms with Crippen molar-refractivity contribution in [3.8, 4) is 0 Å². The minimum Gasteiger partial charge on any atom is -0.350 e. The lowest BCUT2D eigenvalue weighted by Crippen LogP contribution is -2.63. The van der Waals surface area contributed by atoms with E-state index in [2.05, 4.69) is 5.32 Å². The molecule has 3 aliphatic rings. The zero-order valence-corrected chi connectivity index (χ0v) is 21.3. The Morgan fingerprint density at radius 1 is 0.789 bits per heavy atom. The van der Waals surface area contributed by atoms with Crippen LogP contribution in [0.5, 0.6) is 0 Å². The fraction of sp³-hybridized carbons (Fsp3) is 0.100. The molecule has 1 N–H and O–H groups in total. The van der Waals surface area contributed by atoms with Gasteiger partial charge in [0.1, 0.15) is 6.04 Å². The number of nitrogens with one attached hydrogen (secondary N) is 1. The molecule has 38 heavy (non-hydrogen) atoms. The summed E-state index contributed by atoms with van der Waals surface area (Å²) >= 11 is 12.9. The molecule has 0 aromatic heterocycles. The number of nitrogens with zero attached hydrogens (tertiary/aromatic N) is 2. The normalized spacial score (nSPS) is 20.4. The summed E-state index contributed by atoms with van der Waals surface area (Å²) in [5.74, 6) is -1.00. The van der Waals surface area contributed by atoms with E-state index < -0.39 is 17.5 Å². The highest BCUT2D eigenvalue weighted by molar-refractivity contribution is 6.43. The van der Waals surface area contributed by atoms with Gasteiger partial charge in [-0.3, -0.25) is 24.2 Å².